The highest BCUT2D eigenvalue weighted by atomic mass is 79.9. The van der Waals surface area contributed by atoms with Crippen LogP contribution in [0.5, 0.6) is 11.5 Å². The molecule has 0 aromatic heterocycles. The van der Waals surface area contributed by atoms with Crippen LogP contribution in [0.1, 0.15) is 11.1 Å². The zero-order valence-corrected chi connectivity index (χ0v) is 12.0. The molecule has 2 aromatic carbocycles. The Morgan fingerprint density at radius 2 is 2.05 bits per heavy atom. The van der Waals surface area contributed by atoms with Gasteiger partial charge in [-0.1, -0.05) is 15.9 Å². The molecule has 0 saturated heterocycles. The van der Waals surface area contributed by atoms with E-state index in [4.69, 9.17) is 10.00 Å². The van der Waals surface area contributed by atoms with Crippen molar-refractivity contribution in [3.05, 3.63) is 62.1 Å². The molecule has 2 aromatic rings. The van der Waals surface area contributed by atoms with Crippen molar-refractivity contribution in [1.29, 1.82) is 5.26 Å². The van der Waals surface area contributed by atoms with Crippen molar-refractivity contribution >= 4 is 21.6 Å². The van der Waals surface area contributed by atoms with Gasteiger partial charge in [0.2, 0.25) is 0 Å². The zero-order valence-electron chi connectivity index (χ0n) is 10.5. The lowest BCUT2D eigenvalue weighted by molar-refractivity contribution is -0.384. The van der Waals surface area contributed by atoms with Crippen molar-refractivity contribution in [2.45, 2.75) is 6.92 Å². The van der Waals surface area contributed by atoms with Crippen LogP contribution in [0.4, 0.5) is 5.69 Å². The summed E-state index contributed by atoms with van der Waals surface area (Å²) in [5.41, 5.74) is 0.976. The summed E-state index contributed by atoms with van der Waals surface area (Å²) in [5.74, 6) is 0.857. The molecule has 0 aliphatic heterocycles. The van der Waals surface area contributed by atoms with E-state index in [-0.39, 0.29) is 11.3 Å². The fourth-order valence-electron chi connectivity index (χ4n) is 1.62. The van der Waals surface area contributed by atoms with Gasteiger partial charge in [-0.25, -0.2) is 0 Å². The molecule has 20 heavy (non-hydrogen) atoms. The maximum absolute atomic E-state index is 10.7. The molecule has 0 atom stereocenters. The number of nitrogens with zero attached hydrogens (tertiary/aromatic N) is 2. The first kappa shape index (κ1) is 14.0. The summed E-state index contributed by atoms with van der Waals surface area (Å²) in [4.78, 5) is 10.1. The number of rotatable bonds is 3. The molecule has 0 fully saturated rings. The first-order valence-electron chi connectivity index (χ1n) is 5.64. The van der Waals surface area contributed by atoms with E-state index in [1.54, 1.807) is 6.07 Å². The molecule has 0 unspecified atom stereocenters. The number of halogens is 1. The summed E-state index contributed by atoms with van der Waals surface area (Å²) in [5, 5.41) is 19.7. The Morgan fingerprint density at radius 1 is 1.30 bits per heavy atom. The van der Waals surface area contributed by atoms with Gasteiger partial charge in [0, 0.05) is 16.6 Å². The molecule has 0 aliphatic rings. The van der Waals surface area contributed by atoms with E-state index in [0.29, 0.717) is 11.5 Å². The van der Waals surface area contributed by atoms with E-state index < -0.39 is 4.92 Å². The fourth-order valence-corrected chi connectivity index (χ4v) is 1.86. The summed E-state index contributed by atoms with van der Waals surface area (Å²) >= 11 is 3.39. The van der Waals surface area contributed by atoms with Crippen LogP contribution >= 0.6 is 15.9 Å². The standard InChI is InChI=1S/C14H9BrN2O3/c1-9-6-12(3-4-13(9)15)20-14-5-2-11(17(18)19)7-10(14)8-16/h2-7H,1H3. The van der Waals surface area contributed by atoms with E-state index >= 15 is 0 Å². The summed E-state index contributed by atoms with van der Waals surface area (Å²) < 4.78 is 6.56. The minimum Gasteiger partial charge on any atom is -0.456 e. The lowest BCUT2D eigenvalue weighted by atomic mass is 10.2. The molecule has 0 aliphatic carbocycles. The molecule has 0 saturated carbocycles. The molecule has 0 heterocycles. The number of ether oxygens (including phenoxy) is 1. The molecule has 6 heteroatoms. The van der Waals surface area contributed by atoms with Crippen molar-refractivity contribution in [3.63, 3.8) is 0 Å². The molecule has 0 radical (unpaired) electrons. The van der Waals surface area contributed by atoms with Gasteiger partial charge >= 0.3 is 0 Å². The van der Waals surface area contributed by atoms with Crippen LogP contribution in [-0.2, 0) is 0 Å². The third kappa shape index (κ3) is 2.95. The lowest BCUT2D eigenvalue weighted by Crippen LogP contribution is -1.92. The van der Waals surface area contributed by atoms with E-state index in [0.717, 1.165) is 10.0 Å². The molecule has 0 amide bonds. The van der Waals surface area contributed by atoms with Crippen molar-refractivity contribution in [3.8, 4) is 17.6 Å². The van der Waals surface area contributed by atoms with Crippen LogP contribution < -0.4 is 4.74 Å². The van der Waals surface area contributed by atoms with Crippen molar-refractivity contribution in [2.24, 2.45) is 0 Å². The summed E-state index contributed by atoms with van der Waals surface area (Å²) in [6.07, 6.45) is 0. The molecule has 100 valence electrons. The first-order chi connectivity index (χ1) is 9.51. The van der Waals surface area contributed by atoms with Crippen LogP contribution in [-0.4, -0.2) is 4.92 Å². The van der Waals surface area contributed by atoms with Crippen LogP contribution in [0.15, 0.2) is 40.9 Å². The molecule has 2 rings (SSSR count). The number of hydrogen-bond acceptors (Lipinski definition) is 4. The summed E-state index contributed by atoms with van der Waals surface area (Å²) in [6.45, 7) is 1.91. The van der Waals surface area contributed by atoms with Gasteiger partial charge in [0.1, 0.15) is 23.1 Å². The Balaban J connectivity index is 2.36. The highest BCUT2D eigenvalue weighted by Gasteiger charge is 2.12. The second-order valence-electron chi connectivity index (χ2n) is 4.06. The highest BCUT2D eigenvalue weighted by Crippen LogP contribution is 2.30. The van der Waals surface area contributed by atoms with Crippen molar-refractivity contribution < 1.29 is 9.66 Å². The molecular weight excluding hydrogens is 324 g/mol. The van der Waals surface area contributed by atoms with Gasteiger partial charge in [-0.15, -0.1) is 0 Å². The number of nitro groups is 1. The number of hydrogen-bond donors (Lipinski definition) is 0. The minimum absolute atomic E-state index is 0.125. The SMILES string of the molecule is Cc1cc(Oc2ccc([N+](=O)[O-])cc2C#N)ccc1Br. The van der Waals surface area contributed by atoms with Crippen molar-refractivity contribution in [2.75, 3.05) is 0 Å². The van der Waals surface area contributed by atoms with E-state index in [2.05, 4.69) is 15.9 Å². The van der Waals surface area contributed by atoms with Gasteiger partial charge in [-0.3, -0.25) is 10.1 Å². The maximum Gasteiger partial charge on any atom is 0.271 e. The normalized spacial score (nSPS) is 9.85. The van der Waals surface area contributed by atoms with E-state index in [1.165, 1.54) is 18.2 Å². The first-order valence-corrected chi connectivity index (χ1v) is 6.43. The highest BCUT2D eigenvalue weighted by molar-refractivity contribution is 9.10. The van der Waals surface area contributed by atoms with Crippen LogP contribution in [0.3, 0.4) is 0 Å². The quantitative estimate of drug-likeness (QED) is 0.619. The fraction of sp³-hybridized carbons (Fsp3) is 0.0714. The third-order valence-electron chi connectivity index (χ3n) is 2.65. The number of nitriles is 1. The number of benzene rings is 2. The topological polar surface area (TPSA) is 76.2 Å². The molecule has 0 N–H and O–H groups in total. The van der Waals surface area contributed by atoms with Crippen LogP contribution in [0, 0.1) is 28.4 Å². The number of aryl methyl sites for hydroxylation is 1. The average Bonchev–Trinajstić information content (AvgIpc) is 2.43. The van der Waals surface area contributed by atoms with Gasteiger partial charge < -0.3 is 4.74 Å². The van der Waals surface area contributed by atoms with Gasteiger partial charge in [0.25, 0.3) is 5.69 Å². The van der Waals surface area contributed by atoms with Crippen LogP contribution in [0.2, 0.25) is 0 Å². The Kier molecular flexibility index (Phi) is 4.01. The Labute approximate surface area is 123 Å². The zero-order chi connectivity index (χ0) is 14.7. The Morgan fingerprint density at radius 3 is 2.65 bits per heavy atom. The third-order valence-corrected chi connectivity index (χ3v) is 3.54. The smallest absolute Gasteiger partial charge is 0.271 e. The molecule has 5 nitrogen and oxygen atoms in total. The Bertz CT molecular complexity index is 723. The van der Waals surface area contributed by atoms with Gasteiger partial charge in [-0.2, -0.15) is 5.26 Å². The predicted molar refractivity (Wildman–Crippen MR) is 76.8 cm³/mol. The van der Waals surface area contributed by atoms with Crippen LogP contribution in [0.25, 0.3) is 0 Å². The minimum atomic E-state index is -0.547. The lowest BCUT2D eigenvalue weighted by Gasteiger charge is -2.08. The summed E-state index contributed by atoms with van der Waals surface area (Å²) in [7, 11) is 0. The molecule has 0 bridgehead atoms. The predicted octanol–water partition coefficient (Wildman–Crippen LogP) is 4.33. The summed E-state index contributed by atoms with van der Waals surface area (Å²) in [6, 6.07) is 11.2. The van der Waals surface area contributed by atoms with E-state index in [9.17, 15) is 10.1 Å². The monoisotopic (exact) mass is 332 g/mol. The largest absolute Gasteiger partial charge is 0.456 e. The molecular formula is C14H9BrN2O3. The van der Waals surface area contributed by atoms with Gasteiger partial charge in [0.05, 0.1) is 4.92 Å². The second-order valence-corrected chi connectivity index (χ2v) is 4.92. The van der Waals surface area contributed by atoms with Gasteiger partial charge in [0.15, 0.2) is 0 Å². The average molecular weight is 333 g/mol. The Hall–Kier alpha value is -2.39. The van der Waals surface area contributed by atoms with Crippen molar-refractivity contribution in [1.82, 2.24) is 0 Å². The molecule has 0 spiro atoms. The second kappa shape index (κ2) is 5.72. The van der Waals surface area contributed by atoms with Gasteiger partial charge in [-0.05, 0) is 36.8 Å². The number of non-ortho nitro benzene ring substituents is 1. The number of nitro benzene ring substituents is 1. The maximum atomic E-state index is 10.7. The van der Waals surface area contributed by atoms with E-state index in [1.807, 2.05) is 25.1 Å².